The number of piperazine rings is 1. The summed E-state index contributed by atoms with van der Waals surface area (Å²) >= 11 is 0. The van der Waals surface area contributed by atoms with Gasteiger partial charge in [0.2, 0.25) is 0 Å². The average molecular weight is 236 g/mol. The van der Waals surface area contributed by atoms with Crippen molar-refractivity contribution in [2.75, 3.05) is 26.2 Å². The van der Waals surface area contributed by atoms with E-state index in [1.807, 2.05) is 0 Å². The molecule has 3 rings (SSSR count). The molecule has 1 saturated heterocycles. The van der Waals surface area contributed by atoms with Crippen LogP contribution in [0.3, 0.4) is 0 Å². The molecule has 0 aromatic carbocycles. The van der Waals surface area contributed by atoms with Gasteiger partial charge in [-0.1, -0.05) is 20.8 Å². The van der Waals surface area contributed by atoms with Crippen LogP contribution in [0.5, 0.6) is 0 Å². The highest BCUT2D eigenvalue weighted by Crippen LogP contribution is 2.61. The molecule has 0 amide bonds. The molecular formula is C15H28N2. The van der Waals surface area contributed by atoms with E-state index < -0.39 is 0 Å². The summed E-state index contributed by atoms with van der Waals surface area (Å²) in [6, 6.07) is 0.672. The summed E-state index contributed by atoms with van der Waals surface area (Å²) < 4.78 is 0. The highest BCUT2D eigenvalue weighted by Gasteiger charge is 2.54. The first-order valence-corrected chi connectivity index (χ1v) is 7.45. The smallest absolute Gasteiger partial charge is 0.0244 e. The number of rotatable bonds is 3. The van der Waals surface area contributed by atoms with E-state index >= 15 is 0 Å². The van der Waals surface area contributed by atoms with Gasteiger partial charge in [0.25, 0.3) is 0 Å². The number of hydrogen-bond donors (Lipinski definition) is 1. The molecule has 1 atom stereocenters. The van der Waals surface area contributed by atoms with Gasteiger partial charge < -0.3 is 5.32 Å². The Kier molecular flexibility index (Phi) is 2.79. The summed E-state index contributed by atoms with van der Waals surface area (Å²) in [4.78, 5) is 2.75. The zero-order valence-electron chi connectivity index (χ0n) is 11.8. The van der Waals surface area contributed by atoms with Gasteiger partial charge in [-0.15, -0.1) is 0 Å². The van der Waals surface area contributed by atoms with Crippen LogP contribution in [0.1, 0.15) is 46.5 Å². The van der Waals surface area contributed by atoms with E-state index in [9.17, 15) is 0 Å². The minimum Gasteiger partial charge on any atom is -0.311 e. The SMILES string of the molecule is CC(C)(C)C1CN(CC2(C3CC3)CC2)CCN1. The van der Waals surface area contributed by atoms with Crippen LogP contribution < -0.4 is 5.32 Å². The molecule has 0 aromatic heterocycles. The van der Waals surface area contributed by atoms with Crippen LogP contribution in [-0.2, 0) is 0 Å². The Morgan fingerprint density at radius 3 is 2.47 bits per heavy atom. The molecule has 2 heteroatoms. The Morgan fingerprint density at radius 2 is 1.94 bits per heavy atom. The lowest BCUT2D eigenvalue weighted by Gasteiger charge is -2.41. The molecule has 2 nitrogen and oxygen atoms in total. The predicted molar refractivity (Wildman–Crippen MR) is 72.1 cm³/mol. The molecule has 0 radical (unpaired) electrons. The van der Waals surface area contributed by atoms with Crippen LogP contribution in [0.25, 0.3) is 0 Å². The zero-order valence-corrected chi connectivity index (χ0v) is 11.8. The van der Waals surface area contributed by atoms with Crippen molar-refractivity contribution in [3.8, 4) is 0 Å². The van der Waals surface area contributed by atoms with Crippen molar-refractivity contribution >= 4 is 0 Å². The summed E-state index contributed by atoms with van der Waals surface area (Å²) in [7, 11) is 0. The lowest BCUT2D eigenvalue weighted by molar-refractivity contribution is 0.110. The Hall–Kier alpha value is -0.0800. The maximum atomic E-state index is 3.70. The highest BCUT2D eigenvalue weighted by atomic mass is 15.2. The second kappa shape index (κ2) is 3.96. The number of nitrogens with zero attached hydrogens (tertiary/aromatic N) is 1. The van der Waals surface area contributed by atoms with Crippen molar-refractivity contribution in [2.45, 2.75) is 52.5 Å². The second-order valence-electron chi connectivity index (χ2n) is 7.74. The highest BCUT2D eigenvalue weighted by molar-refractivity contribution is 5.06. The zero-order chi connectivity index (χ0) is 12.1. The third-order valence-electron chi connectivity index (χ3n) is 5.18. The average Bonchev–Trinajstić information content (AvgIpc) is 3.11. The van der Waals surface area contributed by atoms with Gasteiger partial charge in [0.1, 0.15) is 0 Å². The van der Waals surface area contributed by atoms with Crippen molar-refractivity contribution in [3.63, 3.8) is 0 Å². The molecule has 17 heavy (non-hydrogen) atoms. The molecule has 2 saturated carbocycles. The van der Waals surface area contributed by atoms with Crippen molar-refractivity contribution in [1.29, 1.82) is 0 Å². The molecule has 1 unspecified atom stereocenters. The molecule has 1 N–H and O–H groups in total. The lowest BCUT2D eigenvalue weighted by atomic mass is 9.85. The van der Waals surface area contributed by atoms with Crippen LogP contribution in [0.4, 0.5) is 0 Å². The molecule has 98 valence electrons. The van der Waals surface area contributed by atoms with Gasteiger partial charge in [-0.25, -0.2) is 0 Å². The van der Waals surface area contributed by atoms with Gasteiger partial charge >= 0.3 is 0 Å². The van der Waals surface area contributed by atoms with Crippen LogP contribution in [0.2, 0.25) is 0 Å². The van der Waals surface area contributed by atoms with Crippen molar-refractivity contribution < 1.29 is 0 Å². The molecule has 0 spiro atoms. The minimum atomic E-state index is 0.398. The normalized spacial score (nSPS) is 33.7. The largest absolute Gasteiger partial charge is 0.311 e. The quantitative estimate of drug-likeness (QED) is 0.810. The molecule has 0 aromatic rings. The van der Waals surface area contributed by atoms with Gasteiger partial charge in [0.15, 0.2) is 0 Å². The summed E-state index contributed by atoms with van der Waals surface area (Å²) in [5, 5.41) is 3.70. The van der Waals surface area contributed by atoms with E-state index in [0.717, 1.165) is 11.3 Å². The first-order chi connectivity index (χ1) is 8.00. The first-order valence-electron chi connectivity index (χ1n) is 7.45. The Bertz CT molecular complexity index is 284. The Balaban J connectivity index is 1.57. The summed E-state index contributed by atoms with van der Waals surface area (Å²) in [5.74, 6) is 1.10. The molecule has 3 aliphatic rings. The molecule has 2 aliphatic carbocycles. The fourth-order valence-corrected chi connectivity index (χ4v) is 3.53. The molecule has 1 heterocycles. The fraction of sp³-hybridized carbons (Fsp3) is 1.00. The molecule has 1 aliphatic heterocycles. The number of hydrogen-bond acceptors (Lipinski definition) is 2. The topological polar surface area (TPSA) is 15.3 Å². The van der Waals surface area contributed by atoms with E-state index in [0.29, 0.717) is 11.5 Å². The van der Waals surface area contributed by atoms with Crippen LogP contribution in [-0.4, -0.2) is 37.1 Å². The van der Waals surface area contributed by atoms with Crippen LogP contribution >= 0.6 is 0 Å². The first kappa shape index (κ1) is 12.0. The maximum absolute atomic E-state index is 3.70. The predicted octanol–water partition coefficient (Wildman–Crippen LogP) is 2.50. The lowest BCUT2D eigenvalue weighted by Crippen LogP contribution is -2.56. The van der Waals surface area contributed by atoms with E-state index in [2.05, 4.69) is 31.0 Å². The monoisotopic (exact) mass is 236 g/mol. The van der Waals surface area contributed by atoms with Gasteiger partial charge in [-0.3, -0.25) is 4.90 Å². The van der Waals surface area contributed by atoms with Crippen molar-refractivity contribution in [3.05, 3.63) is 0 Å². The van der Waals surface area contributed by atoms with E-state index in [1.54, 1.807) is 0 Å². The van der Waals surface area contributed by atoms with Crippen LogP contribution in [0.15, 0.2) is 0 Å². The van der Waals surface area contributed by atoms with E-state index in [4.69, 9.17) is 0 Å². The van der Waals surface area contributed by atoms with E-state index in [1.165, 1.54) is 51.9 Å². The van der Waals surface area contributed by atoms with Gasteiger partial charge in [0, 0.05) is 32.2 Å². The third-order valence-corrected chi connectivity index (χ3v) is 5.18. The van der Waals surface area contributed by atoms with Crippen molar-refractivity contribution in [2.24, 2.45) is 16.7 Å². The summed E-state index contributed by atoms with van der Waals surface area (Å²) in [5.41, 5.74) is 1.18. The minimum absolute atomic E-state index is 0.398. The van der Waals surface area contributed by atoms with Gasteiger partial charge in [-0.2, -0.15) is 0 Å². The number of nitrogens with one attached hydrogen (secondary N) is 1. The molecule has 0 bridgehead atoms. The molecular weight excluding hydrogens is 208 g/mol. The van der Waals surface area contributed by atoms with Gasteiger partial charge in [0.05, 0.1) is 0 Å². The van der Waals surface area contributed by atoms with E-state index in [-0.39, 0.29) is 0 Å². The second-order valence-corrected chi connectivity index (χ2v) is 7.74. The maximum Gasteiger partial charge on any atom is 0.0244 e. The van der Waals surface area contributed by atoms with Gasteiger partial charge in [-0.05, 0) is 42.4 Å². The van der Waals surface area contributed by atoms with Crippen LogP contribution in [0, 0.1) is 16.7 Å². The third kappa shape index (κ3) is 2.53. The van der Waals surface area contributed by atoms with Crippen molar-refractivity contribution in [1.82, 2.24) is 10.2 Å². The molecule has 3 fully saturated rings. The summed E-state index contributed by atoms with van der Waals surface area (Å²) in [6.07, 6.45) is 6.08. The summed E-state index contributed by atoms with van der Waals surface area (Å²) in [6.45, 7) is 12.2. The fourth-order valence-electron chi connectivity index (χ4n) is 3.53. The Morgan fingerprint density at radius 1 is 1.24 bits per heavy atom. The Labute approximate surface area is 106 Å². The standard InChI is InChI=1S/C15H28N2/c1-14(2,3)13-10-17(9-8-16-13)11-15(6-7-15)12-4-5-12/h12-13,16H,4-11H2,1-3H3.